The molecule has 1 heterocycles. The molecule has 6 nitrogen and oxygen atoms in total. The number of hydrogen-bond donors (Lipinski definition) is 1. The Morgan fingerprint density at radius 3 is 2.00 bits per heavy atom. The molecule has 1 aromatic carbocycles. The van der Waals surface area contributed by atoms with Crippen LogP contribution in [-0.4, -0.2) is 23.1 Å². The van der Waals surface area contributed by atoms with E-state index in [-0.39, 0.29) is 5.69 Å². The Balaban J connectivity index is 1.91. The maximum atomic E-state index is 12.6. The highest BCUT2D eigenvalue weighted by Gasteiger charge is 2.31. The average Bonchev–Trinajstić information content (AvgIpc) is 2.60. The van der Waals surface area contributed by atoms with Crippen LogP contribution in [0.15, 0.2) is 47.4 Å². The van der Waals surface area contributed by atoms with Crippen molar-refractivity contribution < 1.29 is 40.7 Å². The van der Waals surface area contributed by atoms with E-state index in [9.17, 15) is 40.7 Å². The fraction of sp³-hybridized carbons (Fsp3) is 0.235. The first-order valence-corrected chi connectivity index (χ1v) is 7.76. The van der Waals surface area contributed by atoms with Crippen LogP contribution in [-0.2, 0) is 33.2 Å². The molecule has 29 heavy (non-hydrogen) atoms. The van der Waals surface area contributed by atoms with Crippen molar-refractivity contribution in [3.8, 4) is 0 Å². The van der Waals surface area contributed by atoms with E-state index in [0.717, 1.165) is 24.3 Å². The van der Waals surface area contributed by atoms with Crippen LogP contribution >= 0.6 is 0 Å². The number of alkyl halides is 6. The Labute approximate surface area is 158 Å². The van der Waals surface area contributed by atoms with Crippen LogP contribution in [0.25, 0.3) is 0 Å². The zero-order chi connectivity index (χ0) is 21.8. The fourth-order valence-corrected chi connectivity index (χ4v) is 2.09. The number of nitrogens with one attached hydrogen (secondary N) is 1. The molecule has 0 fully saturated rings. The zero-order valence-electron chi connectivity index (χ0n) is 14.3. The zero-order valence-corrected chi connectivity index (χ0v) is 14.3. The third kappa shape index (κ3) is 6.36. The minimum absolute atomic E-state index is 0.00754. The van der Waals surface area contributed by atoms with Gasteiger partial charge in [0.15, 0.2) is 6.61 Å². The molecular weight excluding hydrogens is 410 g/mol. The predicted octanol–water partition coefficient (Wildman–Crippen LogP) is 3.07. The number of pyridine rings is 1. The van der Waals surface area contributed by atoms with E-state index < -0.39 is 54.1 Å². The summed E-state index contributed by atoms with van der Waals surface area (Å²) in [5.74, 6) is -2.05. The number of halogens is 6. The number of nitrogens with zero attached hydrogens (tertiary/aromatic N) is 1. The van der Waals surface area contributed by atoms with E-state index in [1.807, 2.05) is 0 Å². The van der Waals surface area contributed by atoms with E-state index in [0.29, 0.717) is 22.9 Å². The van der Waals surface area contributed by atoms with Gasteiger partial charge in [-0.2, -0.15) is 26.3 Å². The molecule has 12 heteroatoms. The van der Waals surface area contributed by atoms with Gasteiger partial charge in [-0.25, -0.2) is 0 Å². The Hall–Kier alpha value is -3.31. The first-order chi connectivity index (χ1) is 13.4. The van der Waals surface area contributed by atoms with Crippen LogP contribution in [0.3, 0.4) is 0 Å². The second-order valence-electron chi connectivity index (χ2n) is 5.67. The third-order valence-electron chi connectivity index (χ3n) is 3.47. The number of carbonyl (C=O) groups excluding carboxylic acids is 2. The maximum absolute atomic E-state index is 12.6. The summed E-state index contributed by atoms with van der Waals surface area (Å²) in [5.41, 5.74) is -2.95. The quantitative estimate of drug-likeness (QED) is 0.594. The molecule has 156 valence electrons. The standard InChI is InChI=1S/C17H12F6N2O4/c18-16(19,20)10-1-4-12(5-2-10)24-13(26)9-29-15(28)8-25-7-11(17(21,22)23)3-6-14(25)27/h1-7H,8-9H2,(H,24,26). The lowest BCUT2D eigenvalue weighted by Crippen LogP contribution is -2.28. The largest absolute Gasteiger partial charge is 0.454 e. The van der Waals surface area contributed by atoms with Crippen molar-refractivity contribution in [1.29, 1.82) is 0 Å². The van der Waals surface area contributed by atoms with Crippen molar-refractivity contribution in [2.75, 3.05) is 11.9 Å². The van der Waals surface area contributed by atoms with Crippen molar-refractivity contribution in [2.45, 2.75) is 18.9 Å². The van der Waals surface area contributed by atoms with Gasteiger partial charge in [0, 0.05) is 18.0 Å². The molecule has 2 rings (SSSR count). The highest BCUT2D eigenvalue weighted by molar-refractivity contribution is 5.92. The van der Waals surface area contributed by atoms with Crippen LogP contribution in [0.4, 0.5) is 32.0 Å². The van der Waals surface area contributed by atoms with Crippen molar-refractivity contribution >= 4 is 17.6 Å². The summed E-state index contributed by atoms with van der Waals surface area (Å²) in [6.45, 7) is -1.72. The van der Waals surface area contributed by atoms with Gasteiger partial charge in [-0.15, -0.1) is 0 Å². The summed E-state index contributed by atoms with van der Waals surface area (Å²) < 4.78 is 80.3. The molecule has 0 aliphatic rings. The summed E-state index contributed by atoms with van der Waals surface area (Å²) in [5, 5.41) is 2.18. The highest BCUT2D eigenvalue weighted by atomic mass is 19.4. The van der Waals surface area contributed by atoms with Crippen molar-refractivity contribution in [3.05, 3.63) is 64.1 Å². The second-order valence-corrected chi connectivity index (χ2v) is 5.67. The summed E-state index contributed by atoms with van der Waals surface area (Å²) >= 11 is 0. The van der Waals surface area contributed by atoms with Crippen molar-refractivity contribution in [3.63, 3.8) is 0 Å². The molecule has 0 aliphatic carbocycles. The molecular formula is C17H12F6N2O4. The topological polar surface area (TPSA) is 77.4 Å². The van der Waals surface area contributed by atoms with Crippen LogP contribution in [0.1, 0.15) is 11.1 Å². The number of esters is 1. The Bertz CT molecular complexity index is 948. The van der Waals surface area contributed by atoms with Crippen LogP contribution in [0, 0.1) is 0 Å². The lowest BCUT2D eigenvalue weighted by atomic mass is 10.2. The van der Waals surface area contributed by atoms with Gasteiger partial charge in [-0.3, -0.25) is 14.4 Å². The van der Waals surface area contributed by atoms with Gasteiger partial charge in [0.05, 0.1) is 11.1 Å². The van der Waals surface area contributed by atoms with Crippen molar-refractivity contribution in [2.24, 2.45) is 0 Å². The lowest BCUT2D eigenvalue weighted by Gasteiger charge is -2.11. The average molecular weight is 422 g/mol. The summed E-state index contributed by atoms with van der Waals surface area (Å²) in [4.78, 5) is 34.9. The first-order valence-electron chi connectivity index (χ1n) is 7.76. The van der Waals surface area contributed by atoms with Crippen LogP contribution in [0.2, 0.25) is 0 Å². The number of aromatic nitrogens is 1. The van der Waals surface area contributed by atoms with Gasteiger partial charge in [0.25, 0.3) is 11.5 Å². The summed E-state index contributed by atoms with van der Waals surface area (Å²) in [6, 6.07) is 4.65. The van der Waals surface area contributed by atoms with Gasteiger partial charge < -0.3 is 14.6 Å². The highest BCUT2D eigenvalue weighted by Crippen LogP contribution is 2.30. The molecule has 1 aromatic heterocycles. The van der Waals surface area contributed by atoms with E-state index in [1.54, 1.807) is 0 Å². The van der Waals surface area contributed by atoms with Crippen LogP contribution < -0.4 is 10.9 Å². The number of anilines is 1. The summed E-state index contributed by atoms with van der Waals surface area (Å²) in [7, 11) is 0. The second kappa shape index (κ2) is 8.37. The van der Waals surface area contributed by atoms with Crippen molar-refractivity contribution in [1.82, 2.24) is 4.57 Å². The Morgan fingerprint density at radius 2 is 1.45 bits per heavy atom. The molecule has 0 spiro atoms. The molecule has 1 amide bonds. The maximum Gasteiger partial charge on any atom is 0.417 e. The minimum atomic E-state index is -4.72. The van der Waals surface area contributed by atoms with E-state index >= 15 is 0 Å². The Morgan fingerprint density at radius 1 is 0.897 bits per heavy atom. The summed E-state index contributed by atoms with van der Waals surface area (Å²) in [6.07, 6.45) is -8.83. The van der Waals surface area contributed by atoms with Gasteiger partial charge >= 0.3 is 18.3 Å². The number of amides is 1. The number of ether oxygens (including phenoxy) is 1. The predicted molar refractivity (Wildman–Crippen MR) is 86.7 cm³/mol. The van der Waals surface area contributed by atoms with Gasteiger partial charge in [0.2, 0.25) is 0 Å². The molecule has 0 aliphatic heterocycles. The molecule has 0 saturated carbocycles. The van der Waals surface area contributed by atoms with Gasteiger partial charge in [-0.05, 0) is 30.3 Å². The SMILES string of the molecule is O=C(COC(=O)Cn1cc(C(F)(F)F)ccc1=O)Nc1ccc(C(F)(F)F)cc1. The van der Waals surface area contributed by atoms with E-state index in [1.165, 1.54) is 0 Å². The number of benzene rings is 1. The van der Waals surface area contributed by atoms with Crippen LogP contribution in [0.5, 0.6) is 0 Å². The monoisotopic (exact) mass is 422 g/mol. The number of carbonyl (C=O) groups is 2. The molecule has 0 saturated heterocycles. The molecule has 0 radical (unpaired) electrons. The molecule has 1 N–H and O–H groups in total. The van der Waals surface area contributed by atoms with E-state index in [4.69, 9.17) is 0 Å². The Kier molecular flexibility index (Phi) is 6.34. The lowest BCUT2D eigenvalue weighted by molar-refractivity contribution is -0.148. The molecule has 2 aromatic rings. The number of rotatable bonds is 5. The normalized spacial score (nSPS) is 11.8. The fourth-order valence-electron chi connectivity index (χ4n) is 2.09. The minimum Gasteiger partial charge on any atom is -0.454 e. The molecule has 0 bridgehead atoms. The first kappa shape index (κ1) is 22.0. The third-order valence-corrected chi connectivity index (χ3v) is 3.47. The van der Waals surface area contributed by atoms with E-state index in [2.05, 4.69) is 10.1 Å². The van der Waals surface area contributed by atoms with Gasteiger partial charge in [-0.1, -0.05) is 0 Å². The molecule has 0 unspecified atom stereocenters. The van der Waals surface area contributed by atoms with Gasteiger partial charge in [0.1, 0.15) is 6.54 Å². The number of hydrogen-bond acceptors (Lipinski definition) is 4. The smallest absolute Gasteiger partial charge is 0.417 e. The molecule has 0 atom stereocenters.